The molecule has 0 aliphatic carbocycles. The molecule has 1 aliphatic rings. The van der Waals surface area contributed by atoms with Crippen LogP contribution in [0.1, 0.15) is 19.4 Å². The number of ether oxygens (including phenoxy) is 1. The number of halogens is 1. The molecule has 0 fully saturated rings. The number of carbonyl (C=O) groups excluding carboxylic acids is 1. The Morgan fingerprint density at radius 1 is 1.19 bits per heavy atom. The molecule has 3 aromatic heterocycles. The number of benzene rings is 2. The van der Waals surface area contributed by atoms with E-state index in [9.17, 15) is 4.79 Å². The largest absolute Gasteiger partial charge is 0.454 e. The maximum atomic E-state index is 15.0. The molecular formula is C32H28FN7O2. The van der Waals surface area contributed by atoms with Crippen LogP contribution in [0.25, 0.3) is 33.3 Å². The van der Waals surface area contributed by atoms with Crippen LogP contribution in [0.2, 0.25) is 0 Å². The van der Waals surface area contributed by atoms with Crippen molar-refractivity contribution < 1.29 is 13.9 Å². The normalized spacial score (nSPS) is 15.6. The predicted molar refractivity (Wildman–Crippen MR) is 161 cm³/mol. The number of nitrogen functional groups attached to an aromatic ring is 1. The second-order valence-corrected chi connectivity index (χ2v) is 9.84. The standard InChI is InChI=1S/C32H28FN7O2/c1-4-10-26-19(5-2)13-21(17-39(26)28(41)6-3)40-32-29(31(34)35-18-36-32)30(38-40)25-14-20-15-27(23(33)16-24(20)37-25)42-22-11-8-7-9-12-22/h4-12,14-16,18,21,37H,2-3,13,17H2,1H3,(H2,34,35,36)/b10-4-. The summed E-state index contributed by atoms with van der Waals surface area (Å²) >= 11 is 0. The first-order valence-corrected chi connectivity index (χ1v) is 13.4. The molecule has 0 saturated heterocycles. The van der Waals surface area contributed by atoms with E-state index in [4.69, 9.17) is 15.6 Å². The summed E-state index contributed by atoms with van der Waals surface area (Å²) in [5.41, 5.74) is 10.2. The average molecular weight is 562 g/mol. The first kappa shape index (κ1) is 26.7. The molecule has 3 N–H and O–H groups in total. The second-order valence-electron chi connectivity index (χ2n) is 9.84. The third-order valence-electron chi connectivity index (χ3n) is 7.24. The van der Waals surface area contributed by atoms with Crippen molar-refractivity contribution in [3.05, 3.63) is 109 Å². The highest BCUT2D eigenvalue weighted by Crippen LogP contribution is 2.38. The van der Waals surface area contributed by atoms with Crippen LogP contribution in [0, 0.1) is 5.82 Å². The van der Waals surface area contributed by atoms with Crippen LogP contribution in [-0.2, 0) is 4.79 Å². The molecule has 0 saturated carbocycles. The van der Waals surface area contributed by atoms with E-state index in [1.807, 2.05) is 43.3 Å². The van der Waals surface area contributed by atoms with Crippen LogP contribution < -0.4 is 10.5 Å². The number of carbonyl (C=O) groups is 1. The van der Waals surface area contributed by atoms with Gasteiger partial charge in [0.1, 0.15) is 23.6 Å². The minimum atomic E-state index is -0.507. The topological polar surface area (TPSA) is 115 Å². The summed E-state index contributed by atoms with van der Waals surface area (Å²) in [6.07, 6.45) is 8.76. The number of nitrogens with zero attached hydrogens (tertiary/aromatic N) is 5. The lowest BCUT2D eigenvalue weighted by Gasteiger charge is -2.34. The number of fused-ring (bicyclic) bond motifs is 2. The minimum Gasteiger partial charge on any atom is -0.454 e. The Morgan fingerprint density at radius 2 is 2.00 bits per heavy atom. The molecule has 5 aromatic rings. The number of nitrogens with two attached hydrogens (primary N) is 1. The number of aromatic nitrogens is 5. The first-order valence-electron chi connectivity index (χ1n) is 13.4. The third kappa shape index (κ3) is 4.62. The van der Waals surface area contributed by atoms with Crippen LogP contribution in [-0.4, -0.2) is 42.1 Å². The van der Waals surface area contributed by atoms with Crippen molar-refractivity contribution in [1.29, 1.82) is 0 Å². The van der Waals surface area contributed by atoms with Crippen LogP contribution in [0.15, 0.2) is 104 Å². The molecule has 9 nitrogen and oxygen atoms in total. The highest BCUT2D eigenvalue weighted by molar-refractivity contribution is 6.00. The number of para-hydroxylation sites is 1. The molecule has 2 aromatic carbocycles. The first-order chi connectivity index (χ1) is 20.4. The van der Waals surface area contributed by atoms with E-state index in [-0.39, 0.29) is 23.5 Å². The number of rotatable bonds is 7. The molecule has 4 heterocycles. The van der Waals surface area contributed by atoms with Gasteiger partial charge in [-0.1, -0.05) is 43.5 Å². The summed E-state index contributed by atoms with van der Waals surface area (Å²) in [7, 11) is 0. The number of nitrogens with one attached hydrogen (secondary N) is 1. The molecule has 0 spiro atoms. The van der Waals surface area contributed by atoms with E-state index < -0.39 is 5.82 Å². The van der Waals surface area contributed by atoms with Gasteiger partial charge in [-0.15, -0.1) is 0 Å². The van der Waals surface area contributed by atoms with Gasteiger partial charge >= 0.3 is 0 Å². The van der Waals surface area contributed by atoms with Crippen molar-refractivity contribution in [3.63, 3.8) is 0 Å². The molecule has 1 atom stereocenters. The van der Waals surface area contributed by atoms with E-state index >= 15 is 4.39 Å². The smallest absolute Gasteiger partial charge is 0.250 e. The van der Waals surface area contributed by atoms with Crippen LogP contribution in [0.4, 0.5) is 10.2 Å². The maximum Gasteiger partial charge on any atom is 0.250 e. The van der Waals surface area contributed by atoms with Crippen LogP contribution >= 0.6 is 0 Å². The summed E-state index contributed by atoms with van der Waals surface area (Å²) in [5, 5.41) is 6.23. The number of anilines is 1. The molecule has 1 unspecified atom stereocenters. The highest BCUT2D eigenvalue weighted by atomic mass is 19.1. The average Bonchev–Trinajstić information content (AvgIpc) is 3.59. The summed E-state index contributed by atoms with van der Waals surface area (Å²) in [6, 6.07) is 13.6. The van der Waals surface area contributed by atoms with Gasteiger partial charge in [0.05, 0.1) is 17.1 Å². The molecule has 1 amide bonds. The Labute approximate surface area is 241 Å². The van der Waals surface area contributed by atoms with E-state index in [1.54, 1.807) is 33.9 Å². The number of aromatic amines is 1. The molecule has 0 radical (unpaired) electrons. The van der Waals surface area contributed by atoms with E-state index in [2.05, 4.69) is 28.1 Å². The van der Waals surface area contributed by atoms with Crippen molar-refractivity contribution in [3.8, 4) is 22.9 Å². The van der Waals surface area contributed by atoms with Gasteiger partial charge in [-0.2, -0.15) is 5.10 Å². The Kier molecular flexibility index (Phi) is 6.87. The lowest BCUT2D eigenvalue weighted by Crippen LogP contribution is -2.38. The van der Waals surface area contributed by atoms with Gasteiger partial charge in [-0.25, -0.2) is 19.0 Å². The molecule has 210 valence electrons. The van der Waals surface area contributed by atoms with Gasteiger partial charge < -0.3 is 20.4 Å². The zero-order valence-electron chi connectivity index (χ0n) is 22.9. The van der Waals surface area contributed by atoms with E-state index in [0.717, 1.165) is 16.7 Å². The van der Waals surface area contributed by atoms with Crippen molar-refractivity contribution in [1.82, 2.24) is 29.6 Å². The Hall–Kier alpha value is -5.51. The number of H-pyrrole nitrogens is 1. The number of amides is 1. The van der Waals surface area contributed by atoms with E-state index in [0.29, 0.717) is 46.7 Å². The maximum absolute atomic E-state index is 15.0. The Balaban J connectivity index is 1.46. The zero-order chi connectivity index (χ0) is 29.4. The monoisotopic (exact) mass is 561 g/mol. The lowest BCUT2D eigenvalue weighted by atomic mass is 9.97. The molecule has 42 heavy (non-hydrogen) atoms. The second kappa shape index (κ2) is 10.8. The Morgan fingerprint density at radius 3 is 2.74 bits per heavy atom. The van der Waals surface area contributed by atoms with Gasteiger partial charge in [0.15, 0.2) is 17.2 Å². The number of allylic oxidation sites excluding steroid dienone is 4. The van der Waals surface area contributed by atoms with Crippen molar-refractivity contribution in [2.75, 3.05) is 12.3 Å². The molecule has 0 bridgehead atoms. The summed E-state index contributed by atoms with van der Waals surface area (Å²) in [5.74, 6) is 0.149. The lowest BCUT2D eigenvalue weighted by molar-refractivity contribution is -0.124. The fraction of sp³-hybridized carbons (Fsp3) is 0.125. The fourth-order valence-electron chi connectivity index (χ4n) is 5.32. The fourth-order valence-corrected chi connectivity index (χ4v) is 5.32. The Bertz CT molecular complexity index is 1920. The predicted octanol–water partition coefficient (Wildman–Crippen LogP) is 6.46. The molecule has 6 rings (SSSR count). The zero-order valence-corrected chi connectivity index (χ0v) is 22.9. The van der Waals surface area contributed by atoms with Gasteiger partial charge in [0.25, 0.3) is 0 Å². The van der Waals surface area contributed by atoms with Crippen LogP contribution in [0.3, 0.4) is 0 Å². The highest BCUT2D eigenvalue weighted by Gasteiger charge is 2.31. The van der Waals surface area contributed by atoms with Gasteiger partial charge in [-0.05, 0) is 55.3 Å². The summed E-state index contributed by atoms with van der Waals surface area (Å²) in [4.78, 5) is 26.6. The molecule has 10 heteroatoms. The van der Waals surface area contributed by atoms with Gasteiger partial charge in [0.2, 0.25) is 5.91 Å². The molecular weight excluding hydrogens is 533 g/mol. The number of hydrogen-bond acceptors (Lipinski definition) is 6. The summed E-state index contributed by atoms with van der Waals surface area (Å²) < 4.78 is 22.6. The third-order valence-corrected chi connectivity index (χ3v) is 7.24. The van der Waals surface area contributed by atoms with Crippen molar-refractivity contribution >= 4 is 33.7 Å². The van der Waals surface area contributed by atoms with Crippen molar-refractivity contribution in [2.45, 2.75) is 19.4 Å². The van der Waals surface area contributed by atoms with Gasteiger partial charge in [0, 0.05) is 29.2 Å². The summed E-state index contributed by atoms with van der Waals surface area (Å²) in [6.45, 7) is 9.89. The van der Waals surface area contributed by atoms with Crippen LogP contribution in [0.5, 0.6) is 11.5 Å². The SMILES string of the molecule is C=CC(=O)N1CC(n2nc(-c3cc4cc(Oc5ccccc5)c(F)cc4[nH]3)c3c(N)ncnc32)CC(C=C)=C1/C=C\C. The quantitative estimate of drug-likeness (QED) is 0.220. The minimum absolute atomic E-state index is 0.104. The molecule has 1 aliphatic heterocycles. The van der Waals surface area contributed by atoms with Crippen molar-refractivity contribution in [2.24, 2.45) is 0 Å². The van der Waals surface area contributed by atoms with E-state index in [1.165, 1.54) is 18.5 Å². The number of hydrogen-bond donors (Lipinski definition) is 2. The van der Waals surface area contributed by atoms with Gasteiger partial charge in [-0.3, -0.25) is 4.79 Å².